The Morgan fingerprint density at radius 3 is 1.73 bits per heavy atom. The summed E-state index contributed by atoms with van der Waals surface area (Å²) in [7, 11) is 8.89. The first kappa shape index (κ1) is 14.6. The van der Waals surface area contributed by atoms with Crippen molar-refractivity contribution in [3.8, 4) is 0 Å². The Morgan fingerprint density at radius 1 is 1.00 bits per heavy atom. The summed E-state index contributed by atoms with van der Waals surface area (Å²) in [4.78, 5) is 2.00. The summed E-state index contributed by atoms with van der Waals surface area (Å²) >= 11 is 0. The van der Waals surface area contributed by atoms with Gasteiger partial charge in [-0.25, -0.2) is 0 Å². The third-order valence-corrected chi connectivity index (χ3v) is 3.06. The van der Waals surface area contributed by atoms with Crippen LogP contribution in [0.2, 0.25) is 0 Å². The van der Waals surface area contributed by atoms with E-state index in [9.17, 15) is 0 Å². The number of hydrogen-bond donors (Lipinski definition) is 0. The molecular formula is C13H24NP. The van der Waals surface area contributed by atoms with Crippen molar-refractivity contribution < 1.29 is 0 Å². The third kappa shape index (κ3) is 7.53. The van der Waals surface area contributed by atoms with Gasteiger partial charge in [0.25, 0.3) is 0 Å². The van der Waals surface area contributed by atoms with Crippen molar-refractivity contribution in [3.63, 3.8) is 0 Å². The molecule has 0 fully saturated rings. The van der Waals surface area contributed by atoms with Gasteiger partial charge in [-0.15, -0.1) is 9.24 Å². The zero-order valence-corrected chi connectivity index (χ0v) is 11.7. The van der Waals surface area contributed by atoms with Gasteiger partial charge < -0.3 is 4.90 Å². The zero-order valence-electron chi connectivity index (χ0n) is 10.6. The molecule has 0 saturated carbocycles. The van der Waals surface area contributed by atoms with Gasteiger partial charge in [0.1, 0.15) is 0 Å². The average Bonchev–Trinajstić information content (AvgIpc) is 2.17. The lowest BCUT2D eigenvalue weighted by atomic mass is 10.0. The quantitative estimate of drug-likeness (QED) is 0.697. The van der Waals surface area contributed by atoms with Crippen LogP contribution in [0.15, 0.2) is 30.3 Å². The van der Waals surface area contributed by atoms with Crippen LogP contribution in [0.3, 0.4) is 0 Å². The lowest BCUT2D eigenvalue weighted by Crippen LogP contribution is -1.99. The number of benzene rings is 1. The summed E-state index contributed by atoms with van der Waals surface area (Å²) in [5, 5.41) is 0. The largest absolute Gasteiger partial charge is 0.312 e. The molecule has 2 unspecified atom stereocenters. The van der Waals surface area contributed by atoms with Crippen molar-refractivity contribution in [2.75, 3.05) is 21.1 Å². The van der Waals surface area contributed by atoms with Gasteiger partial charge in [0.2, 0.25) is 0 Å². The first-order chi connectivity index (χ1) is 6.95. The molecule has 0 aliphatic carbocycles. The standard InChI is InChI=1S/C10H15P.C3H9N/c1-8(2)10(11)9-6-4-3-5-7-9;1-4(2)3/h3-8,10H,11H2,1-2H3;1-3H3. The highest BCUT2D eigenvalue weighted by Crippen LogP contribution is 2.29. The molecule has 86 valence electrons. The molecule has 0 amide bonds. The first-order valence-electron chi connectivity index (χ1n) is 5.36. The fourth-order valence-electron chi connectivity index (χ4n) is 1.06. The summed E-state index contributed by atoms with van der Waals surface area (Å²) in [6.07, 6.45) is 0. The smallest absolute Gasteiger partial charge is 0.000833 e. The second-order valence-corrected chi connectivity index (χ2v) is 5.24. The summed E-state index contributed by atoms with van der Waals surface area (Å²) in [5.41, 5.74) is 2.00. The summed E-state index contributed by atoms with van der Waals surface area (Å²) in [6, 6.07) is 10.6. The van der Waals surface area contributed by atoms with Gasteiger partial charge in [0, 0.05) is 5.66 Å². The molecular weight excluding hydrogens is 201 g/mol. The molecule has 15 heavy (non-hydrogen) atoms. The second-order valence-electron chi connectivity index (χ2n) is 4.52. The predicted octanol–water partition coefficient (Wildman–Crippen LogP) is 3.44. The van der Waals surface area contributed by atoms with E-state index in [2.05, 4.69) is 53.4 Å². The molecule has 0 heterocycles. The average molecular weight is 225 g/mol. The molecule has 0 saturated heterocycles. The minimum Gasteiger partial charge on any atom is -0.312 e. The number of nitrogens with zero attached hydrogens (tertiary/aromatic N) is 1. The molecule has 2 heteroatoms. The third-order valence-electron chi connectivity index (χ3n) is 1.90. The zero-order chi connectivity index (χ0) is 11.8. The molecule has 1 aromatic rings. The Bertz CT molecular complexity index is 241. The van der Waals surface area contributed by atoms with Crippen LogP contribution in [-0.4, -0.2) is 26.0 Å². The predicted molar refractivity (Wildman–Crippen MR) is 73.3 cm³/mol. The molecule has 0 radical (unpaired) electrons. The van der Waals surface area contributed by atoms with Crippen molar-refractivity contribution in [2.45, 2.75) is 19.5 Å². The van der Waals surface area contributed by atoms with Crippen LogP contribution < -0.4 is 0 Å². The monoisotopic (exact) mass is 225 g/mol. The highest BCUT2D eigenvalue weighted by molar-refractivity contribution is 7.17. The molecule has 1 rings (SSSR count). The minimum atomic E-state index is 0.594. The van der Waals surface area contributed by atoms with Gasteiger partial charge in [0.15, 0.2) is 0 Å². The van der Waals surface area contributed by atoms with E-state index in [0.29, 0.717) is 11.6 Å². The van der Waals surface area contributed by atoms with E-state index in [1.54, 1.807) is 0 Å². The lowest BCUT2D eigenvalue weighted by Gasteiger charge is -2.14. The molecule has 0 aliphatic rings. The van der Waals surface area contributed by atoms with Crippen LogP contribution in [0.4, 0.5) is 0 Å². The molecule has 0 aliphatic heterocycles. The Hall–Kier alpha value is -0.390. The molecule has 1 nitrogen and oxygen atoms in total. The maximum absolute atomic E-state index is 2.89. The normalized spacial score (nSPS) is 12.3. The van der Waals surface area contributed by atoms with E-state index in [1.807, 2.05) is 26.0 Å². The summed E-state index contributed by atoms with van der Waals surface area (Å²) in [5.74, 6) is 0.697. The minimum absolute atomic E-state index is 0.594. The van der Waals surface area contributed by atoms with E-state index in [4.69, 9.17) is 0 Å². The first-order valence-corrected chi connectivity index (χ1v) is 6.03. The Labute approximate surface area is 97.1 Å². The highest BCUT2D eigenvalue weighted by atomic mass is 31.0. The molecule has 1 aromatic carbocycles. The maximum Gasteiger partial charge on any atom is 0.000833 e. The van der Waals surface area contributed by atoms with Crippen molar-refractivity contribution in [1.29, 1.82) is 0 Å². The van der Waals surface area contributed by atoms with E-state index >= 15 is 0 Å². The Balaban J connectivity index is 0.000000423. The Morgan fingerprint density at radius 2 is 1.40 bits per heavy atom. The number of hydrogen-bond acceptors (Lipinski definition) is 1. The van der Waals surface area contributed by atoms with Crippen LogP contribution in [0.1, 0.15) is 25.1 Å². The van der Waals surface area contributed by atoms with Crippen LogP contribution in [0.25, 0.3) is 0 Å². The highest BCUT2D eigenvalue weighted by Gasteiger charge is 2.07. The van der Waals surface area contributed by atoms with Gasteiger partial charge in [-0.1, -0.05) is 44.2 Å². The van der Waals surface area contributed by atoms with Crippen LogP contribution >= 0.6 is 9.24 Å². The molecule has 0 bridgehead atoms. The van der Waals surface area contributed by atoms with E-state index in [-0.39, 0.29) is 0 Å². The van der Waals surface area contributed by atoms with Crippen molar-refractivity contribution in [3.05, 3.63) is 35.9 Å². The Kier molecular flexibility index (Phi) is 7.64. The van der Waals surface area contributed by atoms with Gasteiger partial charge in [-0.3, -0.25) is 0 Å². The van der Waals surface area contributed by atoms with E-state index in [1.165, 1.54) is 5.56 Å². The van der Waals surface area contributed by atoms with E-state index < -0.39 is 0 Å². The maximum atomic E-state index is 2.89. The topological polar surface area (TPSA) is 3.24 Å². The molecule has 0 aromatic heterocycles. The van der Waals surface area contributed by atoms with Crippen molar-refractivity contribution in [1.82, 2.24) is 4.90 Å². The van der Waals surface area contributed by atoms with Crippen molar-refractivity contribution >= 4 is 9.24 Å². The summed E-state index contributed by atoms with van der Waals surface area (Å²) in [6.45, 7) is 4.48. The second kappa shape index (κ2) is 7.84. The van der Waals surface area contributed by atoms with Crippen molar-refractivity contribution in [2.24, 2.45) is 5.92 Å². The molecule has 0 N–H and O–H groups in total. The lowest BCUT2D eigenvalue weighted by molar-refractivity contribution is 0.505. The van der Waals surface area contributed by atoms with E-state index in [0.717, 1.165) is 0 Å². The summed E-state index contributed by atoms with van der Waals surface area (Å²) < 4.78 is 0. The molecule has 0 spiro atoms. The van der Waals surface area contributed by atoms with Crippen LogP contribution in [-0.2, 0) is 0 Å². The van der Waals surface area contributed by atoms with Crippen LogP contribution in [0, 0.1) is 5.92 Å². The van der Waals surface area contributed by atoms with Gasteiger partial charge in [0.05, 0.1) is 0 Å². The van der Waals surface area contributed by atoms with Gasteiger partial charge in [-0.2, -0.15) is 0 Å². The SMILES string of the molecule is CC(C)C(P)c1ccccc1.CN(C)C. The van der Waals surface area contributed by atoms with Crippen LogP contribution in [0.5, 0.6) is 0 Å². The van der Waals surface area contributed by atoms with Gasteiger partial charge in [-0.05, 0) is 32.6 Å². The molecule has 2 atom stereocenters. The fraction of sp³-hybridized carbons (Fsp3) is 0.538. The van der Waals surface area contributed by atoms with Gasteiger partial charge >= 0.3 is 0 Å². The fourth-order valence-corrected chi connectivity index (χ4v) is 1.28. The number of rotatable bonds is 2.